The minimum Gasteiger partial charge on any atom is -0.447 e. The Morgan fingerprint density at radius 2 is 1.77 bits per heavy atom. The third kappa shape index (κ3) is 4.19. The number of hydrogen-bond donors (Lipinski definition) is 0. The summed E-state index contributed by atoms with van der Waals surface area (Å²) in [6, 6.07) is 1.83. The smallest absolute Gasteiger partial charge is 0.275 e. The number of aromatic nitrogens is 3. The Morgan fingerprint density at radius 3 is 2.57 bits per heavy atom. The first-order chi connectivity index (χ1) is 14.8. The maximum Gasteiger partial charge on any atom is 0.275 e. The molecule has 4 heterocycles. The molecule has 1 amide bonds. The van der Waals surface area contributed by atoms with E-state index in [9.17, 15) is 4.79 Å². The van der Waals surface area contributed by atoms with Crippen LogP contribution in [0.15, 0.2) is 29.1 Å². The van der Waals surface area contributed by atoms with Crippen LogP contribution in [0.5, 0.6) is 0 Å². The molecule has 2 atom stereocenters. The van der Waals surface area contributed by atoms with Crippen molar-refractivity contribution in [3.8, 4) is 0 Å². The summed E-state index contributed by atoms with van der Waals surface area (Å²) < 4.78 is 5.66. The molecular weight excluding hydrogens is 380 g/mol. The number of likely N-dealkylation sites (tertiary alicyclic amines) is 1. The van der Waals surface area contributed by atoms with Crippen molar-refractivity contribution in [1.29, 1.82) is 0 Å². The van der Waals surface area contributed by atoms with Gasteiger partial charge in [0, 0.05) is 51.7 Å². The monoisotopic (exact) mass is 410 g/mol. The molecule has 0 spiro atoms. The Bertz CT molecular complexity index is 848. The molecule has 2 aliphatic heterocycles. The lowest BCUT2D eigenvalue weighted by Gasteiger charge is -2.41. The number of oxazole rings is 1. The molecule has 2 aromatic heterocycles. The average Bonchev–Trinajstić information content (AvgIpc) is 3.28. The molecule has 5 rings (SSSR count). The molecule has 3 aliphatic rings. The van der Waals surface area contributed by atoms with Gasteiger partial charge >= 0.3 is 0 Å². The molecule has 2 aromatic rings. The molecule has 3 fully saturated rings. The fraction of sp³-hybridized carbons (Fsp3) is 0.636. The second-order valence-corrected chi connectivity index (χ2v) is 8.78. The molecule has 8 nitrogen and oxygen atoms in total. The number of rotatable bonds is 4. The van der Waals surface area contributed by atoms with Crippen molar-refractivity contribution < 1.29 is 9.21 Å². The van der Waals surface area contributed by atoms with Crippen molar-refractivity contribution in [3.05, 3.63) is 36.3 Å². The third-order valence-electron chi connectivity index (χ3n) is 6.92. The number of anilines is 1. The van der Waals surface area contributed by atoms with Crippen LogP contribution in [0.1, 0.15) is 48.5 Å². The van der Waals surface area contributed by atoms with Crippen molar-refractivity contribution in [1.82, 2.24) is 24.8 Å². The molecule has 8 heteroatoms. The third-order valence-corrected chi connectivity index (χ3v) is 6.92. The standard InChI is InChI=1S/C22H30N6O2/c29-21(28-9-6-17-4-1-2-5-18(17)14-28)19-16-30-20(25-19)15-26-10-12-27(13-11-26)22-23-7-3-8-24-22/h3,7-8,16-18H,1-2,4-6,9-15H2/t17-,18-/m0/s1. The number of hydrogen-bond acceptors (Lipinski definition) is 7. The van der Waals surface area contributed by atoms with Crippen LogP contribution in [0.25, 0.3) is 0 Å². The van der Waals surface area contributed by atoms with Gasteiger partial charge in [0.25, 0.3) is 5.91 Å². The maximum absolute atomic E-state index is 12.9. The van der Waals surface area contributed by atoms with Crippen molar-refractivity contribution in [2.24, 2.45) is 11.8 Å². The zero-order chi connectivity index (χ0) is 20.3. The maximum atomic E-state index is 12.9. The zero-order valence-electron chi connectivity index (χ0n) is 17.4. The van der Waals surface area contributed by atoms with Crippen LogP contribution < -0.4 is 4.90 Å². The molecular formula is C22H30N6O2. The second kappa shape index (κ2) is 8.71. The normalized spacial score (nSPS) is 25.2. The topological polar surface area (TPSA) is 78.6 Å². The Hall–Kier alpha value is -2.48. The summed E-state index contributed by atoms with van der Waals surface area (Å²) in [5.74, 6) is 2.92. The van der Waals surface area contributed by atoms with Crippen LogP contribution >= 0.6 is 0 Å². The lowest BCUT2D eigenvalue weighted by molar-refractivity contribution is 0.0515. The number of amides is 1. The lowest BCUT2D eigenvalue weighted by atomic mass is 9.75. The molecule has 30 heavy (non-hydrogen) atoms. The van der Waals surface area contributed by atoms with Crippen molar-refractivity contribution >= 4 is 11.9 Å². The van der Waals surface area contributed by atoms with Crippen LogP contribution in [-0.2, 0) is 6.54 Å². The van der Waals surface area contributed by atoms with Gasteiger partial charge in [-0.3, -0.25) is 9.69 Å². The van der Waals surface area contributed by atoms with Crippen molar-refractivity contribution in [2.75, 3.05) is 44.2 Å². The number of carbonyl (C=O) groups is 1. The van der Waals surface area contributed by atoms with Gasteiger partial charge in [-0.25, -0.2) is 15.0 Å². The van der Waals surface area contributed by atoms with Gasteiger partial charge in [-0.05, 0) is 30.7 Å². The minimum absolute atomic E-state index is 0.0278. The average molecular weight is 411 g/mol. The molecule has 2 saturated heterocycles. The van der Waals surface area contributed by atoms with Gasteiger partial charge in [0.15, 0.2) is 5.69 Å². The van der Waals surface area contributed by atoms with E-state index in [0.29, 0.717) is 24.0 Å². The van der Waals surface area contributed by atoms with Gasteiger partial charge in [-0.15, -0.1) is 0 Å². The van der Waals surface area contributed by atoms with E-state index in [1.54, 1.807) is 18.7 Å². The fourth-order valence-corrected chi connectivity index (χ4v) is 5.18. The van der Waals surface area contributed by atoms with E-state index in [-0.39, 0.29) is 5.91 Å². The van der Waals surface area contributed by atoms with E-state index in [2.05, 4.69) is 24.8 Å². The van der Waals surface area contributed by atoms with Gasteiger partial charge in [0.2, 0.25) is 11.8 Å². The quantitative estimate of drug-likeness (QED) is 0.766. The Morgan fingerprint density at radius 1 is 1.00 bits per heavy atom. The van der Waals surface area contributed by atoms with Crippen LogP contribution in [0.2, 0.25) is 0 Å². The largest absolute Gasteiger partial charge is 0.447 e. The summed E-state index contributed by atoms with van der Waals surface area (Å²) in [5, 5.41) is 0. The first-order valence-corrected chi connectivity index (χ1v) is 11.2. The second-order valence-electron chi connectivity index (χ2n) is 8.78. The van der Waals surface area contributed by atoms with Crippen LogP contribution in [0, 0.1) is 11.8 Å². The SMILES string of the molecule is O=C(c1coc(CN2CCN(c3ncccn3)CC2)n1)N1CC[C@@H]2CCCC[C@H]2C1. The highest BCUT2D eigenvalue weighted by Gasteiger charge is 2.34. The number of fused-ring (bicyclic) bond motifs is 1. The van der Waals surface area contributed by atoms with Crippen LogP contribution in [-0.4, -0.2) is 69.9 Å². The first kappa shape index (κ1) is 19.5. The molecule has 0 unspecified atom stereocenters. The Kier molecular flexibility index (Phi) is 5.66. The molecule has 0 aromatic carbocycles. The summed E-state index contributed by atoms with van der Waals surface area (Å²) in [6.45, 7) is 5.88. The van der Waals surface area contributed by atoms with E-state index in [4.69, 9.17) is 4.42 Å². The van der Waals surface area contributed by atoms with Gasteiger partial charge in [-0.1, -0.05) is 19.3 Å². The van der Waals surface area contributed by atoms with E-state index in [1.165, 1.54) is 25.7 Å². The van der Waals surface area contributed by atoms with E-state index in [1.807, 2.05) is 11.0 Å². The first-order valence-electron chi connectivity index (χ1n) is 11.2. The molecule has 0 bridgehead atoms. The molecule has 1 saturated carbocycles. The molecule has 0 N–H and O–H groups in total. The highest BCUT2D eigenvalue weighted by atomic mass is 16.3. The predicted molar refractivity (Wildman–Crippen MR) is 112 cm³/mol. The van der Waals surface area contributed by atoms with Gasteiger partial charge in [0.1, 0.15) is 6.26 Å². The Balaban J connectivity index is 1.14. The number of nitrogens with zero attached hydrogens (tertiary/aromatic N) is 6. The number of piperazine rings is 1. The number of piperidine rings is 1. The molecule has 0 radical (unpaired) electrons. The van der Waals surface area contributed by atoms with Crippen molar-refractivity contribution in [3.63, 3.8) is 0 Å². The summed E-state index contributed by atoms with van der Waals surface area (Å²) in [4.78, 5) is 32.6. The van der Waals surface area contributed by atoms with Crippen LogP contribution in [0.4, 0.5) is 5.95 Å². The summed E-state index contributed by atoms with van der Waals surface area (Å²) >= 11 is 0. The summed E-state index contributed by atoms with van der Waals surface area (Å²) in [5.41, 5.74) is 0.454. The molecule has 160 valence electrons. The fourth-order valence-electron chi connectivity index (χ4n) is 5.18. The zero-order valence-corrected chi connectivity index (χ0v) is 17.4. The van der Waals surface area contributed by atoms with Gasteiger partial charge in [-0.2, -0.15) is 0 Å². The lowest BCUT2D eigenvalue weighted by Crippen LogP contribution is -2.46. The highest BCUT2D eigenvalue weighted by Crippen LogP contribution is 2.36. The number of carbonyl (C=O) groups excluding carboxylic acids is 1. The van der Waals surface area contributed by atoms with Crippen LogP contribution in [0.3, 0.4) is 0 Å². The summed E-state index contributed by atoms with van der Waals surface area (Å²) in [6.07, 6.45) is 11.5. The van der Waals surface area contributed by atoms with Gasteiger partial charge in [0.05, 0.1) is 6.54 Å². The van der Waals surface area contributed by atoms with Gasteiger partial charge < -0.3 is 14.2 Å². The highest BCUT2D eigenvalue weighted by molar-refractivity contribution is 5.92. The predicted octanol–water partition coefficient (Wildman–Crippen LogP) is 2.44. The van der Waals surface area contributed by atoms with E-state index in [0.717, 1.165) is 57.6 Å². The Labute approximate surface area is 177 Å². The summed E-state index contributed by atoms with van der Waals surface area (Å²) in [7, 11) is 0. The molecule has 1 aliphatic carbocycles. The van der Waals surface area contributed by atoms with E-state index >= 15 is 0 Å². The van der Waals surface area contributed by atoms with E-state index < -0.39 is 0 Å². The minimum atomic E-state index is 0.0278. The van der Waals surface area contributed by atoms with Crippen molar-refractivity contribution in [2.45, 2.75) is 38.6 Å².